The van der Waals surface area contributed by atoms with Crippen LogP contribution in [-0.4, -0.2) is 50.4 Å². The Morgan fingerprint density at radius 3 is 2.83 bits per heavy atom. The number of nitrogens with one attached hydrogen (secondary N) is 1. The summed E-state index contributed by atoms with van der Waals surface area (Å²) in [6, 6.07) is 13.2. The van der Waals surface area contributed by atoms with Crippen LogP contribution in [0.2, 0.25) is 0 Å². The number of likely N-dealkylation sites (N-methyl/N-ethyl adjacent to an activating group) is 1. The van der Waals surface area contributed by atoms with Gasteiger partial charge in [-0.1, -0.05) is 12.1 Å². The van der Waals surface area contributed by atoms with Crippen molar-refractivity contribution in [1.29, 1.82) is 0 Å². The van der Waals surface area contributed by atoms with Crippen LogP contribution < -0.4 is 10.1 Å². The zero-order chi connectivity index (χ0) is 21.2. The minimum absolute atomic E-state index is 0.187. The van der Waals surface area contributed by atoms with E-state index in [1.165, 1.54) is 23.5 Å². The highest BCUT2D eigenvalue weighted by Crippen LogP contribution is 2.16. The Morgan fingerprint density at radius 2 is 2.07 bits per heavy atom. The van der Waals surface area contributed by atoms with E-state index in [4.69, 9.17) is 14.2 Å². The molecule has 0 aromatic heterocycles. The molecule has 1 N–H and O–H groups in total. The summed E-state index contributed by atoms with van der Waals surface area (Å²) < 4.78 is 29.9. The van der Waals surface area contributed by atoms with Crippen LogP contribution in [0.15, 0.2) is 48.5 Å². The molecule has 0 bridgehead atoms. The van der Waals surface area contributed by atoms with E-state index in [1.54, 1.807) is 19.2 Å². The molecule has 1 aliphatic heterocycles. The molecule has 2 amide bonds. The fourth-order valence-electron chi connectivity index (χ4n) is 3.14. The van der Waals surface area contributed by atoms with Gasteiger partial charge in [0, 0.05) is 19.3 Å². The van der Waals surface area contributed by atoms with E-state index < -0.39 is 0 Å². The molecule has 0 spiro atoms. The van der Waals surface area contributed by atoms with Crippen molar-refractivity contribution < 1.29 is 23.4 Å². The van der Waals surface area contributed by atoms with Gasteiger partial charge in [-0.15, -0.1) is 0 Å². The third-order valence-electron chi connectivity index (χ3n) is 4.88. The minimum atomic E-state index is -0.311. The molecule has 1 aliphatic rings. The molecule has 1 saturated heterocycles. The Labute approximate surface area is 176 Å². The molecule has 0 saturated carbocycles. The van der Waals surface area contributed by atoms with E-state index in [0.717, 1.165) is 25.0 Å². The lowest BCUT2D eigenvalue weighted by molar-refractivity contribution is -0.0447. The second-order valence-electron chi connectivity index (χ2n) is 7.36. The Morgan fingerprint density at radius 1 is 1.23 bits per heavy atom. The number of urea groups is 1. The van der Waals surface area contributed by atoms with Crippen molar-refractivity contribution in [1.82, 2.24) is 4.90 Å². The second kappa shape index (κ2) is 11.5. The van der Waals surface area contributed by atoms with Gasteiger partial charge in [-0.05, 0) is 61.2 Å². The van der Waals surface area contributed by atoms with E-state index in [2.05, 4.69) is 5.32 Å². The highest BCUT2D eigenvalue weighted by Gasteiger charge is 2.14. The summed E-state index contributed by atoms with van der Waals surface area (Å²) in [6.45, 7) is 2.59. The molecule has 7 heteroatoms. The molecule has 1 fully saturated rings. The van der Waals surface area contributed by atoms with Crippen LogP contribution in [0.1, 0.15) is 24.8 Å². The first-order chi connectivity index (χ1) is 14.6. The van der Waals surface area contributed by atoms with Gasteiger partial charge in [0.1, 0.15) is 18.2 Å². The lowest BCUT2D eigenvalue weighted by atomic mass is 10.1. The Hall–Kier alpha value is -2.64. The summed E-state index contributed by atoms with van der Waals surface area (Å²) in [4.78, 5) is 13.9. The van der Waals surface area contributed by atoms with Crippen molar-refractivity contribution in [2.24, 2.45) is 0 Å². The molecular weight excluding hydrogens is 387 g/mol. The number of rotatable bonds is 9. The van der Waals surface area contributed by atoms with Gasteiger partial charge in [0.2, 0.25) is 0 Å². The Bertz CT molecular complexity index is 794. The molecule has 162 valence electrons. The second-order valence-corrected chi connectivity index (χ2v) is 7.36. The molecule has 6 nitrogen and oxygen atoms in total. The lowest BCUT2D eigenvalue weighted by Crippen LogP contribution is -2.34. The van der Waals surface area contributed by atoms with Gasteiger partial charge < -0.3 is 24.4 Å². The molecule has 3 rings (SSSR count). The largest absolute Gasteiger partial charge is 0.492 e. The smallest absolute Gasteiger partial charge is 0.321 e. The molecule has 0 radical (unpaired) electrons. The number of halogens is 1. The highest BCUT2D eigenvalue weighted by atomic mass is 19.1. The van der Waals surface area contributed by atoms with Gasteiger partial charge in [-0.2, -0.15) is 0 Å². The van der Waals surface area contributed by atoms with Crippen molar-refractivity contribution in [3.63, 3.8) is 0 Å². The number of hydrogen-bond donors (Lipinski definition) is 1. The number of benzene rings is 2. The predicted molar refractivity (Wildman–Crippen MR) is 113 cm³/mol. The maximum Gasteiger partial charge on any atom is 0.321 e. The van der Waals surface area contributed by atoms with Gasteiger partial charge in [-0.25, -0.2) is 9.18 Å². The van der Waals surface area contributed by atoms with Crippen LogP contribution in [-0.2, 0) is 16.1 Å². The topological polar surface area (TPSA) is 60.0 Å². The standard InChI is InChI=1S/C23H29FN2O4/c1-26(12-14-30-21-10-8-19(24)9-11-21)23(27)25-20-6-4-5-18(15-20)16-28-17-22-7-2-3-13-29-22/h4-6,8-11,15,22H,2-3,7,12-14,16-17H2,1H3,(H,25,27). The quantitative estimate of drug-likeness (QED) is 0.656. The van der Waals surface area contributed by atoms with Gasteiger partial charge in [-0.3, -0.25) is 0 Å². The molecule has 1 heterocycles. The van der Waals surface area contributed by atoms with Crippen molar-refractivity contribution in [3.8, 4) is 5.75 Å². The molecular formula is C23H29FN2O4. The average Bonchev–Trinajstić information content (AvgIpc) is 2.76. The predicted octanol–water partition coefficient (Wildman–Crippen LogP) is 4.45. The number of hydrogen-bond acceptors (Lipinski definition) is 4. The number of anilines is 1. The van der Waals surface area contributed by atoms with E-state index in [0.29, 0.717) is 37.8 Å². The fraction of sp³-hybridized carbons (Fsp3) is 0.435. The first-order valence-corrected chi connectivity index (χ1v) is 10.3. The monoisotopic (exact) mass is 416 g/mol. The Balaban J connectivity index is 1.39. The van der Waals surface area contributed by atoms with Crippen LogP contribution in [0.25, 0.3) is 0 Å². The van der Waals surface area contributed by atoms with Crippen LogP contribution in [0.5, 0.6) is 5.75 Å². The lowest BCUT2D eigenvalue weighted by Gasteiger charge is -2.22. The number of amides is 2. The zero-order valence-corrected chi connectivity index (χ0v) is 17.3. The highest BCUT2D eigenvalue weighted by molar-refractivity contribution is 5.89. The van der Waals surface area contributed by atoms with Gasteiger partial charge in [0.15, 0.2) is 0 Å². The van der Waals surface area contributed by atoms with Gasteiger partial charge >= 0.3 is 6.03 Å². The van der Waals surface area contributed by atoms with Crippen LogP contribution >= 0.6 is 0 Å². The van der Waals surface area contributed by atoms with Crippen LogP contribution in [0.4, 0.5) is 14.9 Å². The molecule has 0 aliphatic carbocycles. The van der Waals surface area contributed by atoms with E-state index >= 15 is 0 Å². The maximum atomic E-state index is 12.9. The summed E-state index contributed by atoms with van der Waals surface area (Å²) >= 11 is 0. The molecule has 2 aromatic rings. The first-order valence-electron chi connectivity index (χ1n) is 10.3. The Kier molecular flexibility index (Phi) is 8.47. The summed E-state index contributed by atoms with van der Waals surface area (Å²) in [5.74, 6) is 0.255. The molecule has 30 heavy (non-hydrogen) atoms. The summed E-state index contributed by atoms with van der Waals surface area (Å²) in [6.07, 6.45) is 3.56. The van der Waals surface area contributed by atoms with Gasteiger partial charge in [0.25, 0.3) is 0 Å². The van der Waals surface area contributed by atoms with E-state index in [1.807, 2.05) is 24.3 Å². The first kappa shape index (κ1) is 22.1. The maximum absolute atomic E-state index is 12.9. The van der Waals surface area contributed by atoms with Crippen molar-refractivity contribution in [2.45, 2.75) is 32.0 Å². The van der Waals surface area contributed by atoms with E-state index in [9.17, 15) is 9.18 Å². The zero-order valence-electron chi connectivity index (χ0n) is 17.3. The minimum Gasteiger partial charge on any atom is -0.492 e. The normalized spacial score (nSPS) is 16.1. The summed E-state index contributed by atoms with van der Waals surface area (Å²) in [7, 11) is 1.69. The van der Waals surface area contributed by atoms with Crippen LogP contribution in [0.3, 0.4) is 0 Å². The third kappa shape index (κ3) is 7.31. The number of carbonyl (C=O) groups is 1. The third-order valence-corrected chi connectivity index (χ3v) is 4.88. The number of nitrogens with zero attached hydrogens (tertiary/aromatic N) is 1. The number of carbonyl (C=O) groups excluding carboxylic acids is 1. The number of ether oxygens (including phenoxy) is 3. The van der Waals surface area contributed by atoms with Gasteiger partial charge in [0.05, 0.1) is 25.9 Å². The van der Waals surface area contributed by atoms with Crippen LogP contribution in [0, 0.1) is 5.82 Å². The van der Waals surface area contributed by atoms with Crippen molar-refractivity contribution in [3.05, 3.63) is 59.9 Å². The SMILES string of the molecule is CN(CCOc1ccc(F)cc1)C(=O)Nc1cccc(COCC2CCCCO2)c1. The molecule has 1 atom stereocenters. The molecule has 1 unspecified atom stereocenters. The fourth-order valence-corrected chi connectivity index (χ4v) is 3.14. The van der Waals surface area contributed by atoms with Crippen molar-refractivity contribution >= 4 is 11.7 Å². The summed E-state index contributed by atoms with van der Waals surface area (Å²) in [5.41, 5.74) is 1.70. The van der Waals surface area contributed by atoms with Crippen molar-refractivity contribution in [2.75, 3.05) is 38.7 Å². The summed E-state index contributed by atoms with van der Waals surface area (Å²) in [5, 5.41) is 2.88. The molecule has 2 aromatic carbocycles. The average molecular weight is 416 g/mol. The van der Waals surface area contributed by atoms with E-state index in [-0.39, 0.29) is 18.0 Å².